The lowest BCUT2D eigenvalue weighted by atomic mass is 10.1. The van der Waals surface area contributed by atoms with Gasteiger partial charge >= 0.3 is 10.1 Å². The van der Waals surface area contributed by atoms with Gasteiger partial charge in [0.1, 0.15) is 10.6 Å². The number of rotatable bonds is 4. The zero-order valence-corrected chi connectivity index (χ0v) is 14.0. The minimum absolute atomic E-state index is 0.114. The molecule has 1 aromatic carbocycles. The summed E-state index contributed by atoms with van der Waals surface area (Å²) in [6.45, 7) is 1.54. The molecule has 8 nitrogen and oxygen atoms in total. The molecular weight excluding hydrogens is 392 g/mol. The standard InChI is InChI=1S/C13H9BrN2O6S/c1-8-5-9(6-12(14)13(8)17)15-22-23(20,21)11-4-2-3-10(7-11)16(18)19/h2-7H,1H3/b15-9+. The van der Waals surface area contributed by atoms with E-state index in [4.69, 9.17) is 0 Å². The van der Waals surface area contributed by atoms with E-state index >= 15 is 0 Å². The molecule has 1 aliphatic carbocycles. The molecule has 0 radical (unpaired) electrons. The van der Waals surface area contributed by atoms with E-state index in [9.17, 15) is 23.3 Å². The summed E-state index contributed by atoms with van der Waals surface area (Å²) in [4.78, 5) is 21.1. The molecule has 0 atom stereocenters. The van der Waals surface area contributed by atoms with Gasteiger partial charge in [-0.05, 0) is 46.6 Å². The Morgan fingerprint density at radius 2 is 2.00 bits per heavy atom. The Morgan fingerprint density at radius 3 is 2.61 bits per heavy atom. The van der Waals surface area contributed by atoms with Gasteiger partial charge in [-0.25, -0.2) is 0 Å². The number of nitro benzene ring substituents is 1. The summed E-state index contributed by atoms with van der Waals surface area (Å²) in [5, 5.41) is 14.1. The smallest absolute Gasteiger partial charge is 0.288 e. The van der Waals surface area contributed by atoms with E-state index in [1.807, 2.05) is 0 Å². The third-order valence-corrected chi connectivity index (χ3v) is 4.46. The molecule has 0 bridgehead atoms. The van der Waals surface area contributed by atoms with Crippen LogP contribution in [0.3, 0.4) is 0 Å². The molecule has 0 saturated heterocycles. The highest BCUT2D eigenvalue weighted by Gasteiger charge is 2.20. The van der Waals surface area contributed by atoms with Crippen LogP contribution in [0.25, 0.3) is 0 Å². The lowest BCUT2D eigenvalue weighted by molar-refractivity contribution is -0.385. The Labute approximate surface area is 139 Å². The highest BCUT2D eigenvalue weighted by atomic mass is 79.9. The van der Waals surface area contributed by atoms with Crippen LogP contribution in [0.15, 0.2) is 56.5 Å². The minimum Gasteiger partial charge on any atom is -0.288 e. The molecule has 0 amide bonds. The Morgan fingerprint density at radius 1 is 1.30 bits per heavy atom. The van der Waals surface area contributed by atoms with Gasteiger partial charge in [0.2, 0.25) is 0 Å². The Hall–Kier alpha value is -2.33. The van der Waals surface area contributed by atoms with Crippen molar-refractivity contribution in [3.05, 3.63) is 56.6 Å². The number of carbonyl (C=O) groups is 1. The molecule has 0 heterocycles. The average Bonchev–Trinajstić information content (AvgIpc) is 2.50. The van der Waals surface area contributed by atoms with Gasteiger partial charge in [-0.2, -0.15) is 8.42 Å². The van der Waals surface area contributed by atoms with Gasteiger partial charge < -0.3 is 0 Å². The van der Waals surface area contributed by atoms with Crippen LogP contribution in [-0.4, -0.2) is 24.8 Å². The number of nitro groups is 1. The van der Waals surface area contributed by atoms with E-state index in [0.29, 0.717) is 5.57 Å². The van der Waals surface area contributed by atoms with Crippen molar-refractivity contribution in [3.63, 3.8) is 0 Å². The minimum atomic E-state index is -4.31. The number of non-ortho nitro benzene ring substituents is 1. The average molecular weight is 401 g/mol. The summed E-state index contributed by atoms with van der Waals surface area (Å²) in [5.41, 5.74) is 0.0847. The fraction of sp³-hybridized carbons (Fsp3) is 0.0769. The van der Waals surface area contributed by atoms with Crippen LogP contribution in [0.1, 0.15) is 6.92 Å². The molecule has 1 aromatic rings. The lowest BCUT2D eigenvalue weighted by Crippen LogP contribution is -2.10. The largest absolute Gasteiger partial charge is 0.358 e. The van der Waals surface area contributed by atoms with Crippen LogP contribution in [0.4, 0.5) is 5.69 Å². The van der Waals surface area contributed by atoms with Crippen molar-refractivity contribution in [2.75, 3.05) is 0 Å². The Bertz CT molecular complexity index is 861. The van der Waals surface area contributed by atoms with Gasteiger partial charge in [0, 0.05) is 12.1 Å². The molecular formula is C13H9BrN2O6S. The third-order valence-electron chi connectivity index (χ3n) is 2.77. The number of Topliss-reactive ketones (excluding diaryl/α,β-unsaturated/α-hetero) is 1. The maximum atomic E-state index is 12.0. The molecule has 0 N–H and O–H groups in total. The van der Waals surface area contributed by atoms with Crippen LogP contribution in [0.2, 0.25) is 0 Å². The number of hydrogen-bond acceptors (Lipinski definition) is 7. The predicted octanol–water partition coefficient (Wildman–Crippen LogP) is 2.46. The summed E-state index contributed by atoms with van der Waals surface area (Å²) >= 11 is 3.04. The van der Waals surface area contributed by atoms with Crippen LogP contribution >= 0.6 is 15.9 Å². The second kappa shape index (κ2) is 6.42. The molecule has 0 spiro atoms. The van der Waals surface area contributed by atoms with Crippen LogP contribution in [-0.2, 0) is 19.2 Å². The van der Waals surface area contributed by atoms with Crippen molar-refractivity contribution < 1.29 is 22.4 Å². The van der Waals surface area contributed by atoms with E-state index in [0.717, 1.165) is 18.2 Å². The van der Waals surface area contributed by atoms with Gasteiger partial charge in [0.15, 0.2) is 5.78 Å². The van der Waals surface area contributed by atoms with Crippen molar-refractivity contribution in [1.82, 2.24) is 0 Å². The number of hydrogen-bond donors (Lipinski definition) is 0. The van der Waals surface area contributed by atoms with Crippen LogP contribution in [0.5, 0.6) is 0 Å². The van der Waals surface area contributed by atoms with Crippen molar-refractivity contribution in [3.8, 4) is 0 Å². The summed E-state index contributed by atoms with van der Waals surface area (Å²) < 4.78 is 28.8. The molecule has 0 fully saturated rings. The van der Waals surface area contributed by atoms with Gasteiger partial charge in [-0.3, -0.25) is 19.2 Å². The molecule has 0 aliphatic heterocycles. The highest BCUT2D eigenvalue weighted by molar-refractivity contribution is 9.12. The second-order valence-electron chi connectivity index (χ2n) is 4.45. The van der Waals surface area contributed by atoms with E-state index in [1.165, 1.54) is 18.2 Å². The number of oxime groups is 1. The first-order valence-electron chi connectivity index (χ1n) is 6.07. The third kappa shape index (κ3) is 3.90. The maximum absolute atomic E-state index is 12.0. The van der Waals surface area contributed by atoms with Crippen molar-refractivity contribution in [1.29, 1.82) is 0 Å². The second-order valence-corrected chi connectivity index (χ2v) is 6.83. The summed E-state index contributed by atoms with van der Waals surface area (Å²) in [6, 6.07) is 4.40. The number of halogens is 1. The SMILES string of the molecule is CC1=C/C(=N\OS(=O)(=O)c2cccc([N+](=O)[O-])c2)C=C(Br)C1=O. The molecule has 2 rings (SSSR count). The molecule has 23 heavy (non-hydrogen) atoms. The van der Waals surface area contributed by atoms with E-state index in [2.05, 4.69) is 25.4 Å². The Kier molecular flexibility index (Phi) is 4.76. The monoisotopic (exact) mass is 400 g/mol. The number of nitrogens with zero attached hydrogens (tertiary/aromatic N) is 2. The highest BCUT2D eigenvalue weighted by Crippen LogP contribution is 2.21. The molecule has 0 aromatic heterocycles. The Balaban J connectivity index is 2.29. The molecule has 0 unspecified atom stereocenters. The summed E-state index contributed by atoms with van der Waals surface area (Å²) in [6.07, 6.45) is 2.66. The number of allylic oxidation sites excluding steroid dienone is 4. The van der Waals surface area contributed by atoms with E-state index in [-0.39, 0.29) is 21.7 Å². The zero-order valence-electron chi connectivity index (χ0n) is 11.6. The first kappa shape index (κ1) is 17.0. The van der Waals surface area contributed by atoms with E-state index in [1.54, 1.807) is 6.92 Å². The summed E-state index contributed by atoms with van der Waals surface area (Å²) in [5.74, 6) is -0.245. The topological polar surface area (TPSA) is 116 Å². The van der Waals surface area contributed by atoms with E-state index < -0.39 is 19.9 Å². The lowest BCUT2D eigenvalue weighted by Gasteiger charge is -2.07. The quantitative estimate of drug-likeness (QED) is 0.435. The van der Waals surface area contributed by atoms with Crippen molar-refractivity contribution in [2.45, 2.75) is 11.8 Å². The predicted molar refractivity (Wildman–Crippen MR) is 84.6 cm³/mol. The molecule has 120 valence electrons. The summed E-state index contributed by atoms with van der Waals surface area (Å²) in [7, 11) is -4.31. The fourth-order valence-corrected chi connectivity index (χ4v) is 2.98. The van der Waals surface area contributed by atoms with Crippen LogP contribution in [0, 0.1) is 10.1 Å². The zero-order chi connectivity index (χ0) is 17.2. The van der Waals surface area contributed by atoms with Gasteiger partial charge in [-0.1, -0.05) is 11.2 Å². The first-order valence-corrected chi connectivity index (χ1v) is 8.27. The molecule has 10 heteroatoms. The number of carbonyl (C=O) groups excluding carboxylic acids is 1. The number of benzene rings is 1. The maximum Gasteiger partial charge on any atom is 0.358 e. The van der Waals surface area contributed by atoms with Crippen molar-refractivity contribution in [2.24, 2.45) is 5.16 Å². The fourth-order valence-electron chi connectivity index (χ4n) is 1.65. The van der Waals surface area contributed by atoms with Crippen molar-refractivity contribution >= 4 is 43.2 Å². The van der Waals surface area contributed by atoms with Gasteiger partial charge in [0.05, 0.1) is 9.41 Å². The van der Waals surface area contributed by atoms with Gasteiger partial charge in [0.25, 0.3) is 5.69 Å². The number of ketones is 1. The van der Waals surface area contributed by atoms with Gasteiger partial charge in [-0.15, -0.1) is 0 Å². The first-order chi connectivity index (χ1) is 10.7. The normalized spacial score (nSPS) is 16.8. The molecule has 1 aliphatic rings. The van der Waals surface area contributed by atoms with Crippen LogP contribution < -0.4 is 0 Å². The molecule has 0 saturated carbocycles.